The molecule has 6 heteroatoms. The van der Waals surface area contributed by atoms with E-state index in [1.165, 1.54) is 4.88 Å². The number of thiophene rings is 1. The standard InChI is InChI=1S/C16H22N4OS/c1-13-10-18-19(12-13)8-6-17-11-16(21)20-7-2-4-14(20)15-5-3-9-22-15/h3,5,9-10,12,14,17H,2,4,6-8,11H2,1H3/t14-/m1/s1. The molecule has 0 spiro atoms. The monoisotopic (exact) mass is 318 g/mol. The lowest BCUT2D eigenvalue weighted by Crippen LogP contribution is -2.38. The van der Waals surface area contributed by atoms with Gasteiger partial charge in [-0.2, -0.15) is 5.10 Å². The molecule has 22 heavy (non-hydrogen) atoms. The normalized spacial score (nSPS) is 18.0. The molecule has 5 nitrogen and oxygen atoms in total. The Balaban J connectivity index is 1.45. The van der Waals surface area contributed by atoms with Gasteiger partial charge in [0.05, 0.1) is 25.3 Å². The van der Waals surface area contributed by atoms with Crippen LogP contribution in [-0.4, -0.2) is 40.2 Å². The molecule has 0 radical (unpaired) electrons. The predicted octanol–water partition coefficient (Wildman–Crippen LogP) is 2.21. The van der Waals surface area contributed by atoms with Crippen molar-refractivity contribution in [3.63, 3.8) is 0 Å². The molecule has 2 aromatic heterocycles. The fourth-order valence-corrected chi connectivity index (χ4v) is 3.80. The van der Waals surface area contributed by atoms with Gasteiger partial charge in [-0.25, -0.2) is 0 Å². The van der Waals surface area contributed by atoms with Gasteiger partial charge in [0.15, 0.2) is 0 Å². The number of aromatic nitrogens is 2. The zero-order chi connectivity index (χ0) is 15.4. The van der Waals surface area contributed by atoms with E-state index in [0.29, 0.717) is 6.54 Å². The summed E-state index contributed by atoms with van der Waals surface area (Å²) in [5.41, 5.74) is 1.16. The third-order valence-corrected chi connectivity index (χ3v) is 4.97. The Morgan fingerprint density at radius 3 is 3.18 bits per heavy atom. The smallest absolute Gasteiger partial charge is 0.237 e. The highest BCUT2D eigenvalue weighted by molar-refractivity contribution is 7.10. The van der Waals surface area contributed by atoms with Crippen molar-refractivity contribution in [2.75, 3.05) is 19.6 Å². The molecule has 0 bridgehead atoms. The number of carbonyl (C=O) groups excluding carboxylic acids is 1. The van der Waals surface area contributed by atoms with Gasteiger partial charge < -0.3 is 10.2 Å². The molecular formula is C16H22N4OS. The average molecular weight is 318 g/mol. The number of rotatable bonds is 6. The maximum Gasteiger partial charge on any atom is 0.237 e. The Morgan fingerprint density at radius 2 is 2.45 bits per heavy atom. The molecule has 0 aromatic carbocycles. The molecule has 1 saturated heterocycles. The maximum atomic E-state index is 12.4. The van der Waals surface area contributed by atoms with Crippen molar-refractivity contribution < 1.29 is 4.79 Å². The van der Waals surface area contributed by atoms with Crippen LogP contribution in [0.25, 0.3) is 0 Å². The van der Waals surface area contributed by atoms with Crippen molar-refractivity contribution in [3.8, 4) is 0 Å². The van der Waals surface area contributed by atoms with E-state index in [1.54, 1.807) is 11.3 Å². The van der Waals surface area contributed by atoms with Gasteiger partial charge in [-0.1, -0.05) is 6.07 Å². The van der Waals surface area contributed by atoms with Gasteiger partial charge in [0.1, 0.15) is 0 Å². The van der Waals surface area contributed by atoms with Crippen LogP contribution in [0.2, 0.25) is 0 Å². The van der Waals surface area contributed by atoms with Crippen molar-refractivity contribution in [3.05, 3.63) is 40.3 Å². The Kier molecular flexibility index (Phi) is 4.90. The van der Waals surface area contributed by atoms with E-state index in [9.17, 15) is 4.79 Å². The molecule has 0 saturated carbocycles. The van der Waals surface area contributed by atoms with Crippen LogP contribution in [0.15, 0.2) is 29.9 Å². The zero-order valence-corrected chi connectivity index (χ0v) is 13.7. The second kappa shape index (κ2) is 7.07. The highest BCUT2D eigenvalue weighted by Gasteiger charge is 2.29. The number of hydrogen-bond acceptors (Lipinski definition) is 4. The lowest BCUT2D eigenvalue weighted by molar-refractivity contribution is -0.131. The minimum atomic E-state index is 0.201. The average Bonchev–Trinajstić information content (AvgIpc) is 3.23. The Hall–Kier alpha value is -1.66. The van der Waals surface area contributed by atoms with Crippen LogP contribution >= 0.6 is 11.3 Å². The lowest BCUT2D eigenvalue weighted by Gasteiger charge is -2.24. The summed E-state index contributed by atoms with van der Waals surface area (Å²) in [6, 6.07) is 4.47. The number of nitrogens with one attached hydrogen (secondary N) is 1. The molecule has 3 heterocycles. The van der Waals surface area contributed by atoms with Gasteiger partial charge in [0.25, 0.3) is 0 Å². The molecule has 3 rings (SSSR count). The van der Waals surface area contributed by atoms with Crippen LogP contribution in [-0.2, 0) is 11.3 Å². The third-order valence-electron chi connectivity index (χ3n) is 4.00. The van der Waals surface area contributed by atoms with E-state index >= 15 is 0 Å². The van der Waals surface area contributed by atoms with Crippen LogP contribution in [0.3, 0.4) is 0 Å². The number of amides is 1. The van der Waals surface area contributed by atoms with Crippen molar-refractivity contribution >= 4 is 17.2 Å². The maximum absolute atomic E-state index is 12.4. The van der Waals surface area contributed by atoms with Gasteiger partial charge in [0, 0.05) is 24.2 Å². The quantitative estimate of drug-likeness (QED) is 0.831. The topological polar surface area (TPSA) is 50.2 Å². The molecule has 0 unspecified atom stereocenters. The molecule has 1 amide bonds. The second-order valence-electron chi connectivity index (χ2n) is 5.72. The first kappa shape index (κ1) is 15.2. The molecule has 118 valence electrons. The number of aryl methyl sites for hydroxylation is 1. The summed E-state index contributed by atoms with van der Waals surface area (Å²) < 4.78 is 1.90. The Bertz CT molecular complexity index is 607. The SMILES string of the molecule is Cc1cnn(CCNCC(=O)N2CCC[C@@H]2c2cccs2)c1. The van der Waals surface area contributed by atoms with Crippen molar-refractivity contribution in [1.82, 2.24) is 20.0 Å². The molecule has 1 aliphatic heterocycles. The van der Waals surface area contributed by atoms with Crippen LogP contribution in [0.4, 0.5) is 0 Å². The molecule has 1 atom stereocenters. The van der Waals surface area contributed by atoms with E-state index in [-0.39, 0.29) is 11.9 Å². The van der Waals surface area contributed by atoms with Crippen LogP contribution < -0.4 is 5.32 Å². The summed E-state index contributed by atoms with van der Waals surface area (Å²) in [7, 11) is 0. The van der Waals surface area contributed by atoms with Gasteiger partial charge in [-0.15, -0.1) is 11.3 Å². The molecular weight excluding hydrogens is 296 g/mol. The molecule has 1 N–H and O–H groups in total. The van der Waals surface area contributed by atoms with E-state index in [2.05, 4.69) is 27.9 Å². The molecule has 1 aliphatic rings. The first-order chi connectivity index (χ1) is 10.7. The largest absolute Gasteiger partial charge is 0.334 e. The van der Waals surface area contributed by atoms with E-state index in [4.69, 9.17) is 0 Å². The van der Waals surface area contributed by atoms with Gasteiger partial charge in [0.2, 0.25) is 5.91 Å². The van der Waals surface area contributed by atoms with E-state index in [0.717, 1.165) is 38.0 Å². The molecule has 0 aliphatic carbocycles. The highest BCUT2D eigenvalue weighted by Crippen LogP contribution is 2.34. The molecule has 1 fully saturated rings. The Morgan fingerprint density at radius 1 is 1.55 bits per heavy atom. The summed E-state index contributed by atoms with van der Waals surface area (Å²) in [6.07, 6.45) is 6.04. The minimum absolute atomic E-state index is 0.201. The zero-order valence-electron chi connectivity index (χ0n) is 12.9. The van der Waals surface area contributed by atoms with Crippen LogP contribution in [0.1, 0.15) is 29.3 Å². The first-order valence-corrected chi connectivity index (χ1v) is 8.64. The summed E-state index contributed by atoms with van der Waals surface area (Å²) in [5.74, 6) is 0.201. The predicted molar refractivity (Wildman–Crippen MR) is 87.8 cm³/mol. The van der Waals surface area contributed by atoms with Gasteiger partial charge in [-0.3, -0.25) is 9.48 Å². The number of carbonyl (C=O) groups is 1. The number of likely N-dealkylation sites (tertiary alicyclic amines) is 1. The van der Waals surface area contributed by atoms with Crippen molar-refractivity contribution in [2.45, 2.75) is 32.4 Å². The van der Waals surface area contributed by atoms with Crippen molar-refractivity contribution in [1.29, 1.82) is 0 Å². The summed E-state index contributed by atoms with van der Waals surface area (Å²) >= 11 is 1.74. The van der Waals surface area contributed by atoms with Gasteiger partial charge in [-0.05, 0) is 36.8 Å². The van der Waals surface area contributed by atoms with E-state index in [1.807, 2.05) is 28.9 Å². The van der Waals surface area contributed by atoms with Crippen molar-refractivity contribution in [2.24, 2.45) is 0 Å². The van der Waals surface area contributed by atoms with Gasteiger partial charge >= 0.3 is 0 Å². The fraction of sp³-hybridized carbons (Fsp3) is 0.500. The molecule has 2 aromatic rings. The Labute approximate surface area is 134 Å². The second-order valence-corrected chi connectivity index (χ2v) is 6.70. The van der Waals surface area contributed by atoms with Crippen LogP contribution in [0, 0.1) is 6.92 Å². The number of nitrogens with zero attached hydrogens (tertiary/aromatic N) is 3. The lowest BCUT2D eigenvalue weighted by atomic mass is 10.2. The van der Waals surface area contributed by atoms with Crippen LogP contribution in [0.5, 0.6) is 0 Å². The third kappa shape index (κ3) is 3.56. The summed E-state index contributed by atoms with van der Waals surface area (Å²) in [4.78, 5) is 15.7. The first-order valence-electron chi connectivity index (χ1n) is 7.76. The number of hydrogen-bond donors (Lipinski definition) is 1. The van der Waals surface area contributed by atoms with E-state index < -0.39 is 0 Å². The summed E-state index contributed by atoms with van der Waals surface area (Å²) in [6.45, 7) is 4.85. The minimum Gasteiger partial charge on any atom is -0.334 e. The fourth-order valence-electron chi connectivity index (χ4n) is 2.92. The highest BCUT2D eigenvalue weighted by atomic mass is 32.1. The summed E-state index contributed by atoms with van der Waals surface area (Å²) in [5, 5.41) is 9.56.